The summed E-state index contributed by atoms with van der Waals surface area (Å²) in [7, 11) is 0. The van der Waals surface area contributed by atoms with Gasteiger partial charge < -0.3 is 5.32 Å². The molecule has 0 aromatic heterocycles. The maximum atomic E-state index is 12.8. The van der Waals surface area contributed by atoms with Gasteiger partial charge in [-0.05, 0) is 38.1 Å². The highest BCUT2D eigenvalue weighted by Gasteiger charge is 2.18. The Balaban J connectivity index is 1.72. The number of amides is 1. The number of allylic oxidation sites excluding steroid dienone is 1. The molecule has 0 spiro atoms. The Bertz CT molecular complexity index is 515. The highest BCUT2D eigenvalue weighted by atomic mass is 19.1. The molecule has 4 nitrogen and oxygen atoms in total. The molecule has 120 valence electrons. The van der Waals surface area contributed by atoms with Crippen molar-refractivity contribution in [2.24, 2.45) is 0 Å². The molecule has 2 rings (SSSR count). The highest BCUT2D eigenvalue weighted by molar-refractivity contribution is 5.92. The monoisotopic (exact) mass is 305 g/mol. The van der Waals surface area contributed by atoms with Crippen molar-refractivity contribution in [3.63, 3.8) is 0 Å². The minimum Gasteiger partial charge on any atom is -0.325 e. The fraction of sp³-hybridized carbons (Fsp3) is 0.471. The molecule has 1 N–H and O–H groups in total. The van der Waals surface area contributed by atoms with E-state index in [4.69, 9.17) is 0 Å². The molecule has 1 amide bonds. The predicted molar refractivity (Wildman–Crippen MR) is 87.3 cm³/mol. The highest BCUT2D eigenvalue weighted by Crippen LogP contribution is 2.09. The van der Waals surface area contributed by atoms with Crippen molar-refractivity contribution in [3.05, 3.63) is 41.7 Å². The van der Waals surface area contributed by atoms with Gasteiger partial charge in [-0.3, -0.25) is 14.6 Å². The van der Waals surface area contributed by atoms with Crippen LogP contribution in [-0.4, -0.2) is 55.0 Å². The predicted octanol–water partition coefficient (Wildman–Crippen LogP) is 2.35. The number of carbonyl (C=O) groups excluding carboxylic acids is 1. The van der Waals surface area contributed by atoms with E-state index in [1.807, 2.05) is 0 Å². The number of hydrogen-bond acceptors (Lipinski definition) is 3. The van der Waals surface area contributed by atoms with Crippen LogP contribution in [0.25, 0.3) is 0 Å². The second-order valence-corrected chi connectivity index (χ2v) is 5.91. The molecule has 0 bridgehead atoms. The lowest BCUT2D eigenvalue weighted by atomic mass is 10.2. The van der Waals surface area contributed by atoms with Gasteiger partial charge >= 0.3 is 0 Å². The normalized spacial score (nSPS) is 16.3. The van der Waals surface area contributed by atoms with E-state index in [0.29, 0.717) is 12.2 Å². The zero-order valence-electron chi connectivity index (χ0n) is 13.3. The Morgan fingerprint density at radius 1 is 1.14 bits per heavy atom. The lowest BCUT2D eigenvalue weighted by Crippen LogP contribution is -2.48. The number of nitrogens with one attached hydrogen (secondary N) is 1. The van der Waals surface area contributed by atoms with Crippen LogP contribution in [0.15, 0.2) is 35.9 Å². The average molecular weight is 305 g/mol. The molecule has 0 atom stereocenters. The third kappa shape index (κ3) is 5.58. The lowest BCUT2D eigenvalue weighted by molar-refractivity contribution is -0.117. The van der Waals surface area contributed by atoms with Gasteiger partial charge in [0.1, 0.15) is 5.82 Å². The summed E-state index contributed by atoms with van der Waals surface area (Å²) in [6.07, 6.45) is 2.23. The Hall–Kier alpha value is -1.72. The number of piperazine rings is 1. The molecule has 1 aromatic carbocycles. The van der Waals surface area contributed by atoms with Crippen molar-refractivity contribution < 1.29 is 9.18 Å². The van der Waals surface area contributed by atoms with Gasteiger partial charge in [-0.1, -0.05) is 11.6 Å². The first-order chi connectivity index (χ1) is 10.5. The van der Waals surface area contributed by atoms with Crippen LogP contribution in [0.3, 0.4) is 0 Å². The molecule has 5 heteroatoms. The summed E-state index contributed by atoms with van der Waals surface area (Å²) >= 11 is 0. The number of anilines is 1. The van der Waals surface area contributed by atoms with Crippen molar-refractivity contribution in [1.82, 2.24) is 9.80 Å². The molecule has 1 aliphatic heterocycles. The zero-order valence-corrected chi connectivity index (χ0v) is 13.3. The summed E-state index contributed by atoms with van der Waals surface area (Å²) in [6, 6.07) is 5.84. The molecular formula is C17H24FN3O. The Kier molecular flexibility index (Phi) is 6.10. The van der Waals surface area contributed by atoms with Crippen LogP contribution in [0, 0.1) is 5.82 Å². The fourth-order valence-corrected chi connectivity index (χ4v) is 2.38. The number of rotatable bonds is 5. The van der Waals surface area contributed by atoms with E-state index in [9.17, 15) is 9.18 Å². The van der Waals surface area contributed by atoms with Gasteiger partial charge in [0.25, 0.3) is 0 Å². The third-order valence-corrected chi connectivity index (χ3v) is 3.72. The quantitative estimate of drug-likeness (QED) is 0.848. The first kappa shape index (κ1) is 16.6. The molecule has 1 fully saturated rings. The molecule has 1 aromatic rings. The lowest BCUT2D eigenvalue weighted by Gasteiger charge is -2.33. The topological polar surface area (TPSA) is 35.6 Å². The maximum absolute atomic E-state index is 12.8. The van der Waals surface area contributed by atoms with E-state index in [1.54, 1.807) is 12.1 Å². The van der Waals surface area contributed by atoms with Gasteiger partial charge in [0.15, 0.2) is 0 Å². The molecule has 1 heterocycles. The van der Waals surface area contributed by atoms with E-state index in [-0.39, 0.29) is 11.7 Å². The zero-order chi connectivity index (χ0) is 15.9. The van der Waals surface area contributed by atoms with E-state index in [0.717, 1.165) is 32.7 Å². The number of hydrogen-bond donors (Lipinski definition) is 1. The minimum atomic E-state index is -0.300. The average Bonchev–Trinajstić information content (AvgIpc) is 2.49. The smallest absolute Gasteiger partial charge is 0.238 e. The molecule has 1 saturated heterocycles. The van der Waals surface area contributed by atoms with E-state index < -0.39 is 0 Å². The van der Waals surface area contributed by atoms with Crippen LogP contribution < -0.4 is 5.32 Å². The van der Waals surface area contributed by atoms with Crippen molar-refractivity contribution >= 4 is 11.6 Å². The molecule has 0 saturated carbocycles. The van der Waals surface area contributed by atoms with Gasteiger partial charge in [-0.15, -0.1) is 0 Å². The second-order valence-electron chi connectivity index (χ2n) is 5.91. The van der Waals surface area contributed by atoms with Crippen LogP contribution in [0.5, 0.6) is 0 Å². The van der Waals surface area contributed by atoms with Gasteiger partial charge in [-0.25, -0.2) is 4.39 Å². The summed E-state index contributed by atoms with van der Waals surface area (Å²) in [5, 5.41) is 2.80. The third-order valence-electron chi connectivity index (χ3n) is 3.72. The molecule has 0 radical (unpaired) electrons. The fourth-order valence-electron chi connectivity index (χ4n) is 2.38. The number of benzene rings is 1. The Morgan fingerprint density at radius 2 is 1.73 bits per heavy atom. The van der Waals surface area contributed by atoms with Gasteiger partial charge in [0.2, 0.25) is 5.91 Å². The van der Waals surface area contributed by atoms with E-state index in [1.165, 1.54) is 17.7 Å². The van der Waals surface area contributed by atoms with Gasteiger partial charge in [0.05, 0.1) is 6.54 Å². The van der Waals surface area contributed by atoms with E-state index in [2.05, 4.69) is 35.0 Å². The van der Waals surface area contributed by atoms with Crippen LogP contribution in [-0.2, 0) is 4.79 Å². The Morgan fingerprint density at radius 3 is 2.32 bits per heavy atom. The van der Waals surface area contributed by atoms with Crippen LogP contribution in [0.2, 0.25) is 0 Å². The molecule has 0 unspecified atom stereocenters. The van der Waals surface area contributed by atoms with Crippen molar-refractivity contribution in [2.75, 3.05) is 44.6 Å². The van der Waals surface area contributed by atoms with E-state index >= 15 is 0 Å². The first-order valence-electron chi connectivity index (χ1n) is 7.66. The summed E-state index contributed by atoms with van der Waals surface area (Å²) in [4.78, 5) is 16.5. The van der Waals surface area contributed by atoms with Crippen molar-refractivity contribution in [3.8, 4) is 0 Å². The summed E-state index contributed by atoms with van der Waals surface area (Å²) in [5.74, 6) is -0.352. The minimum absolute atomic E-state index is 0.0515. The maximum Gasteiger partial charge on any atom is 0.238 e. The SMILES string of the molecule is CC(C)=CCN1CCN(CC(=O)Nc2ccc(F)cc2)CC1. The summed E-state index contributed by atoms with van der Waals surface area (Å²) in [5.41, 5.74) is 1.97. The second kappa shape index (κ2) is 8.06. The number of carbonyl (C=O) groups is 1. The van der Waals surface area contributed by atoms with Gasteiger partial charge in [-0.2, -0.15) is 0 Å². The molecule has 0 aliphatic carbocycles. The number of halogens is 1. The molecular weight excluding hydrogens is 281 g/mol. The van der Waals surface area contributed by atoms with Crippen LogP contribution >= 0.6 is 0 Å². The van der Waals surface area contributed by atoms with Gasteiger partial charge in [0, 0.05) is 38.4 Å². The van der Waals surface area contributed by atoms with Crippen LogP contribution in [0.1, 0.15) is 13.8 Å². The standard InChI is InChI=1S/C17H24FN3O/c1-14(2)7-8-20-9-11-21(12-10-20)13-17(22)19-16-5-3-15(18)4-6-16/h3-7H,8-13H2,1-2H3,(H,19,22). The Labute approximate surface area is 131 Å². The van der Waals surface area contributed by atoms with Crippen molar-refractivity contribution in [1.29, 1.82) is 0 Å². The number of nitrogens with zero attached hydrogens (tertiary/aromatic N) is 2. The summed E-state index contributed by atoms with van der Waals surface area (Å²) in [6.45, 7) is 9.33. The summed E-state index contributed by atoms with van der Waals surface area (Å²) < 4.78 is 12.8. The van der Waals surface area contributed by atoms with Crippen molar-refractivity contribution in [2.45, 2.75) is 13.8 Å². The first-order valence-corrected chi connectivity index (χ1v) is 7.66. The largest absolute Gasteiger partial charge is 0.325 e. The molecule has 1 aliphatic rings. The molecule has 22 heavy (non-hydrogen) atoms. The van der Waals surface area contributed by atoms with Crippen LogP contribution in [0.4, 0.5) is 10.1 Å².